The molecule has 0 unspecified atom stereocenters. The van der Waals surface area contributed by atoms with Crippen molar-refractivity contribution in [1.82, 2.24) is 0 Å². The second kappa shape index (κ2) is 9.81. The number of carbonyl (C=O) groups is 2. The number of benzene rings is 3. The second-order valence-corrected chi connectivity index (χ2v) is 11.3. The van der Waals surface area contributed by atoms with E-state index in [1.165, 1.54) is 0 Å². The maximum absolute atomic E-state index is 13.0. The molecule has 0 heterocycles. The largest absolute Gasteiger partial charge is 0.324 e. The van der Waals surface area contributed by atoms with Gasteiger partial charge in [0.05, 0.1) is 11.9 Å². The number of nitrogens with one attached hydrogen (secondary N) is 1. The van der Waals surface area contributed by atoms with E-state index in [1.54, 1.807) is 60.7 Å². The number of amides is 1. The summed E-state index contributed by atoms with van der Waals surface area (Å²) >= 11 is 0. The lowest BCUT2D eigenvalue weighted by Crippen LogP contribution is -2.37. The third kappa shape index (κ3) is 6.32. The third-order valence-electron chi connectivity index (χ3n) is 5.43. The molecule has 0 radical (unpaired) electrons. The van der Waals surface area contributed by atoms with Crippen molar-refractivity contribution in [2.24, 2.45) is 0 Å². The second-order valence-electron chi connectivity index (χ2n) is 9.39. The third-order valence-corrected chi connectivity index (χ3v) is 6.57. The lowest BCUT2D eigenvalue weighted by molar-refractivity contribution is -0.114. The molecule has 0 saturated heterocycles. The Morgan fingerprint density at radius 3 is 2.06 bits per heavy atom. The molecule has 1 N–H and O–H groups in total. The van der Waals surface area contributed by atoms with Crippen molar-refractivity contribution in [3.8, 4) is 0 Å². The molecule has 34 heavy (non-hydrogen) atoms. The Labute approximate surface area is 201 Å². The van der Waals surface area contributed by atoms with Crippen molar-refractivity contribution in [1.29, 1.82) is 0 Å². The summed E-state index contributed by atoms with van der Waals surface area (Å²) in [4.78, 5) is 25.7. The van der Waals surface area contributed by atoms with Crippen molar-refractivity contribution in [3.63, 3.8) is 0 Å². The van der Waals surface area contributed by atoms with Crippen molar-refractivity contribution in [2.75, 3.05) is 22.4 Å². The molecule has 6 nitrogen and oxygen atoms in total. The van der Waals surface area contributed by atoms with Gasteiger partial charge in [-0.3, -0.25) is 13.9 Å². The minimum Gasteiger partial charge on any atom is -0.324 e. The van der Waals surface area contributed by atoms with Crippen LogP contribution in [-0.4, -0.2) is 32.9 Å². The van der Waals surface area contributed by atoms with Crippen molar-refractivity contribution in [3.05, 3.63) is 95.1 Å². The van der Waals surface area contributed by atoms with Crippen LogP contribution in [0.25, 0.3) is 0 Å². The van der Waals surface area contributed by atoms with Crippen LogP contribution in [0.4, 0.5) is 11.4 Å². The molecule has 0 aliphatic heterocycles. The fraction of sp³-hybridized carbons (Fsp3) is 0.259. The summed E-state index contributed by atoms with van der Waals surface area (Å²) in [6.45, 7) is 7.85. The summed E-state index contributed by atoms with van der Waals surface area (Å²) in [5.74, 6) is -0.667. The van der Waals surface area contributed by atoms with Crippen LogP contribution in [0.3, 0.4) is 0 Å². The van der Waals surface area contributed by atoms with E-state index in [2.05, 4.69) is 26.1 Å². The molecule has 3 aromatic carbocycles. The highest BCUT2D eigenvalue weighted by molar-refractivity contribution is 7.92. The molecule has 3 rings (SSSR count). The Morgan fingerprint density at radius 2 is 1.50 bits per heavy atom. The van der Waals surface area contributed by atoms with E-state index in [0.29, 0.717) is 22.5 Å². The standard InChI is InChI=1S/C27H30N2O4S/c1-19-9-15-24(16-10-19)29(34(5,32)33)18-25(30)28-23-8-6-7-21(17-23)26(31)20-11-13-22(14-12-20)27(2,3)4/h6-17H,18H2,1-5H3,(H,28,30). The van der Waals surface area contributed by atoms with E-state index in [4.69, 9.17) is 0 Å². The van der Waals surface area contributed by atoms with E-state index in [1.807, 2.05) is 19.1 Å². The molecule has 3 aromatic rings. The zero-order chi connectivity index (χ0) is 25.1. The number of carbonyl (C=O) groups excluding carboxylic acids is 2. The summed E-state index contributed by atoms with van der Waals surface area (Å²) in [6.07, 6.45) is 1.06. The quantitative estimate of drug-likeness (QED) is 0.488. The highest BCUT2D eigenvalue weighted by Gasteiger charge is 2.21. The maximum Gasteiger partial charge on any atom is 0.245 e. The predicted octanol–water partition coefficient (Wildman–Crippen LogP) is 4.93. The summed E-state index contributed by atoms with van der Waals surface area (Å²) < 4.78 is 25.6. The Bertz CT molecular complexity index is 1290. The van der Waals surface area contributed by atoms with Crippen molar-refractivity contribution in [2.45, 2.75) is 33.1 Å². The molecule has 7 heteroatoms. The van der Waals surface area contributed by atoms with Gasteiger partial charge in [0.25, 0.3) is 0 Å². The summed E-state index contributed by atoms with van der Waals surface area (Å²) in [5.41, 5.74) is 3.92. The monoisotopic (exact) mass is 478 g/mol. The fourth-order valence-corrected chi connectivity index (χ4v) is 4.32. The first kappa shape index (κ1) is 25.2. The van der Waals surface area contributed by atoms with E-state index in [0.717, 1.165) is 21.7 Å². The van der Waals surface area contributed by atoms with Gasteiger partial charge in [0.1, 0.15) is 6.54 Å². The highest BCUT2D eigenvalue weighted by Crippen LogP contribution is 2.24. The van der Waals surface area contributed by atoms with Crippen LogP contribution in [0.5, 0.6) is 0 Å². The van der Waals surface area contributed by atoms with Gasteiger partial charge in [-0.2, -0.15) is 0 Å². The first-order chi connectivity index (χ1) is 15.8. The molecule has 0 aromatic heterocycles. The van der Waals surface area contributed by atoms with Crippen LogP contribution < -0.4 is 9.62 Å². The first-order valence-electron chi connectivity index (χ1n) is 10.9. The van der Waals surface area contributed by atoms with Gasteiger partial charge in [0.2, 0.25) is 15.9 Å². The Balaban J connectivity index is 1.75. The topological polar surface area (TPSA) is 83.6 Å². The van der Waals surface area contributed by atoms with E-state index in [9.17, 15) is 18.0 Å². The summed E-state index contributed by atoms with van der Waals surface area (Å²) in [6, 6.07) is 21.0. The van der Waals surface area contributed by atoms with Gasteiger partial charge >= 0.3 is 0 Å². The number of anilines is 2. The van der Waals surface area contributed by atoms with Gasteiger partial charge in [0.15, 0.2) is 5.78 Å². The van der Waals surface area contributed by atoms with E-state index in [-0.39, 0.29) is 17.7 Å². The van der Waals surface area contributed by atoms with E-state index >= 15 is 0 Å². The average molecular weight is 479 g/mol. The molecule has 0 spiro atoms. The lowest BCUT2D eigenvalue weighted by Gasteiger charge is -2.22. The number of sulfonamides is 1. The van der Waals surface area contributed by atoms with Crippen molar-refractivity contribution < 1.29 is 18.0 Å². The SMILES string of the molecule is Cc1ccc(N(CC(=O)Nc2cccc(C(=O)c3ccc(C(C)(C)C)cc3)c2)S(C)(=O)=O)cc1. The van der Waals surface area contributed by atoms with Gasteiger partial charge in [0, 0.05) is 16.8 Å². The predicted molar refractivity (Wildman–Crippen MR) is 137 cm³/mol. The van der Waals surface area contributed by atoms with Crippen LogP contribution in [0.2, 0.25) is 0 Å². The zero-order valence-corrected chi connectivity index (χ0v) is 20.9. The van der Waals surface area contributed by atoms with Gasteiger partial charge in [-0.15, -0.1) is 0 Å². The number of aryl methyl sites for hydroxylation is 1. The first-order valence-corrected chi connectivity index (χ1v) is 12.8. The average Bonchev–Trinajstić information content (AvgIpc) is 2.77. The molecule has 178 valence electrons. The lowest BCUT2D eigenvalue weighted by atomic mass is 9.86. The minimum atomic E-state index is -3.67. The summed E-state index contributed by atoms with van der Waals surface area (Å²) in [7, 11) is -3.67. The highest BCUT2D eigenvalue weighted by atomic mass is 32.2. The van der Waals surface area contributed by atoms with Gasteiger partial charge in [-0.25, -0.2) is 8.42 Å². The van der Waals surface area contributed by atoms with Crippen LogP contribution >= 0.6 is 0 Å². The smallest absolute Gasteiger partial charge is 0.245 e. The van der Waals surface area contributed by atoms with Gasteiger partial charge in [-0.1, -0.05) is 74.9 Å². The molecule has 0 fully saturated rings. The zero-order valence-electron chi connectivity index (χ0n) is 20.1. The molecule has 0 aliphatic rings. The molecular weight excluding hydrogens is 448 g/mol. The number of ketones is 1. The molecule has 0 atom stereocenters. The fourth-order valence-electron chi connectivity index (χ4n) is 3.47. The molecule has 0 saturated carbocycles. The van der Waals surface area contributed by atoms with E-state index < -0.39 is 15.9 Å². The van der Waals surface area contributed by atoms with Crippen LogP contribution in [-0.2, 0) is 20.2 Å². The Morgan fingerprint density at radius 1 is 0.882 bits per heavy atom. The minimum absolute atomic E-state index is 0.00972. The van der Waals surface area contributed by atoms with Gasteiger partial charge in [-0.05, 0) is 42.2 Å². The Hall–Kier alpha value is -3.45. The van der Waals surface area contributed by atoms with Crippen LogP contribution in [0.1, 0.15) is 47.8 Å². The number of nitrogens with zero attached hydrogens (tertiary/aromatic N) is 1. The number of hydrogen-bond donors (Lipinski definition) is 1. The molecule has 0 aliphatic carbocycles. The Kier molecular flexibility index (Phi) is 7.26. The van der Waals surface area contributed by atoms with Gasteiger partial charge < -0.3 is 5.32 Å². The molecule has 0 bridgehead atoms. The van der Waals surface area contributed by atoms with Crippen molar-refractivity contribution >= 4 is 33.1 Å². The van der Waals surface area contributed by atoms with Crippen LogP contribution in [0, 0.1) is 6.92 Å². The number of hydrogen-bond acceptors (Lipinski definition) is 4. The molecular formula is C27H30N2O4S. The molecule has 1 amide bonds. The van der Waals surface area contributed by atoms with Crippen LogP contribution in [0.15, 0.2) is 72.8 Å². The number of rotatable bonds is 7. The summed E-state index contributed by atoms with van der Waals surface area (Å²) in [5, 5.41) is 2.70. The maximum atomic E-state index is 13.0. The normalized spacial score (nSPS) is 11.7.